The summed E-state index contributed by atoms with van der Waals surface area (Å²) in [6.45, 7) is 13.8. The predicted molar refractivity (Wildman–Crippen MR) is 66.3 cm³/mol. The molecule has 0 nitrogen and oxygen atoms in total. The average molecular weight is 210 g/mol. The van der Waals surface area contributed by atoms with Gasteiger partial charge in [0.25, 0.3) is 0 Å². The fourth-order valence-corrected chi connectivity index (χ4v) is 2.78. The Bertz CT molecular complexity index is 299. The van der Waals surface area contributed by atoms with E-state index in [-0.39, 0.29) is 5.41 Å². The lowest BCUT2D eigenvalue weighted by atomic mass is 9.78. The molecule has 0 amide bonds. The zero-order chi connectivity index (χ0) is 11.0. The van der Waals surface area contributed by atoms with Crippen LogP contribution in [-0.2, 0) is 10.8 Å². The summed E-state index contributed by atoms with van der Waals surface area (Å²) in [6, 6.07) is 2.30. The van der Waals surface area contributed by atoms with Gasteiger partial charge in [-0.25, -0.2) is 0 Å². The van der Waals surface area contributed by atoms with E-state index in [2.05, 4.69) is 53.0 Å². The monoisotopic (exact) mass is 210 g/mol. The van der Waals surface area contributed by atoms with Crippen LogP contribution in [0.3, 0.4) is 0 Å². The number of thiophene rings is 1. The molecule has 0 aliphatic rings. The number of hydrogen-bond acceptors (Lipinski definition) is 1. The average Bonchev–Trinajstić information content (AvgIpc) is 2.51. The van der Waals surface area contributed by atoms with Crippen molar-refractivity contribution in [1.29, 1.82) is 0 Å². The smallest absolute Gasteiger partial charge is 0.0136 e. The molecule has 0 aliphatic heterocycles. The van der Waals surface area contributed by atoms with E-state index >= 15 is 0 Å². The summed E-state index contributed by atoms with van der Waals surface area (Å²) in [5, 5.41) is 2.23. The van der Waals surface area contributed by atoms with Gasteiger partial charge in [-0.3, -0.25) is 0 Å². The molecule has 80 valence electrons. The van der Waals surface area contributed by atoms with Crippen LogP contribution in [0.4, 0.5) is 0 Å². The molecule has 1 heteroatoms. The van der Waals surface area contributed by atoms with Crippen LogP contribution in [-0.4, -0.2) is 0 Å². The van der Waals surface area contributed by atoms with Crippen LogP contribution in [0.5, 0.6) is 0 Å². The first kappa shape index (κ1) is 11.8. The van der Waals surface area contributed by atoms with E-state index in [1.165, 1.54) is 12.0 Å². The largest absolute Gasteiger partial charge is 0.148 e. The molecule has 0 N–H and O–H groups in total. The Labute approximate surface area is 92.4 Å². The summed E-state index contributed by atoms with van der Waals surface area (Å²) < 4.78 is 0. The number of hydrogen-bond donors (Lipinski definition) is 0. The fraction of sp³-hybridized carbons (Fsp3) is 0.692. The van der Waals surface area contributed by atoms with Crippen LogP contribution in [0, 0.1) is 0 Å². The van der Waals surface area contributed by atoms with E-state index in [0.717, 1.165) is 0 Å². The van der Waals surface area contributed by atoms with Gasteiger partial charge in [0.15, 0.2) is 0 Å². The molecule has 0 aromatic carbocycles. The van der Waals surface area contributed by atoms with Gasteiger partial charge >= 0.3 is 0 Å². The van der Waals surface area contributed by atoms with Gasteiger partial charge in [0.1, 0.15) is 0 Å². The number of rotatable bonds is 2. The first-order valence-electron chi connectivity index (χ1n) is 5.37. The molecule has 14 heavy (non-hydrogen) atoms. The van der Waals surface area contributed by atoms with Gasteiger partial charge in [-0.1, -0.05) is 41.5 Å². The second-order valence-electron chi connectivity index (χ2n) is 5.65. The van der Waals surface area contributed by atoms with Crippen LogP contribution >= 0.6 is 11.3 Å². The third-order valence-corrected chi connectivity index (χ3v) is 4.30. The minimum absolute atomic E-state index is 0.288. The molecule has 0 fully saturated rings. The minimum Gasteiger partial charge on any atom is -0.148 e. The summed E-state index contributed by atoms with van der Waals surface area (Å²) in [4.78, 5) is 1.55. The highest BCUT2D eigenvalue weighted by molar-refractivity contribution is 7.10. The van der Waals surface area contributed by atoms with Crippen LogP contribution < -0.4 is 0 Å². The van der Waals surface area contributed by atoms with Gasteiger partial charge in [-0.05, 0) is 34.3 Å². The van der Waals surface area contributed by atoms with Gasteiger partial charge in [-0.15, -0.1) is 11.3 Å². The SMILES string of the molecule is CCC(C)(C)c1ccsc1C(C)(C)C. The van der Waals surface area contributed by atoms with Crippen molar-refractivity contribution in [3.8, 4) is 0 Å². The normalized spacial score (nSPS) is 13.3. The topological polar surface area (TPSA) is 0 Å². The van der Waals surface area contributed by atoms with Crippen molar-refractivity contribution < 1.29 is 0 Å². The third kappa shape index (κ3) is 2.20. The van der Waals surface area contributed by atoms with Crippen LogP contribution in [0.1, 0.15) is 58.4 Å². The lowest BCUT2D eigenvalue weighted by molar-refractivity contribution is 0.486. The van der Waals surface area contributed by atoms with E-state index in [0.29, 0.717) is 5.41 Å². The molecule has 0 radical (unpaired) electrons. The summed E-state index contributed by atoms with van der Waals surface area (Å²) in [6.07, 6.45) is 1.20. The lowest BCUT2D eigenvalue weighted by Gasteiger charge is -2.28. The Morgan fingerprint density at radius 3 is 2.14 bits per heavy atom. The van der Waals surface area contributed by atoms with Crippen molar-refractivity contribution in [2.24, 2.45) is 0 Å². The van der Waals surface area contributed by atoms with Crippen molar-refractivity contribution in [2.45, 2.75) is 58.8 Å². The molecular weight excluding hydrogens is 188 g/mol. The second-order valence-corrected chi connectivity index (χ2v) is 6.57. The molecule has 0 saturated heterocycles. The van der Waals surface area contributed by atoms with Gasteiger partial charge in [0.2, 0.25) is 0 Å². The summed E-state index contributed by atoms with van der Waals surface area (Å²) in [5.41, 5.74) is 2.15. The van der Waals surface area contributed by atoms with Crippen LogP contribution in [0.2, 0.25) is 0 Å². The standard InChI is InChI=1S/C13H22S/c1-7-13(5,6)10-8-9-14-11(10)12(2,3)4/h8-9H,7H2,1-6H3. The third-order valence-electron chi connectivity index (χ3n) is 2.96. The first-order chi connectivity index (χ1) is 6.29. The van der Waals surface area contributed by atoms with E-state index in [1.54, 1.807) is 4.88 Å². The van der Waals surface area contributed by atoms with E-state index < -0.39 is 0 Å². The van der Waals surface area contributed by atoms with Crippen molar-refractivity contribution in [1.82, 2.24) is 0 Å². The highest BCUT2D eigenvalue weighted by atomic mass is 32.1. The highest BCUT2D eigenvalue weighted by Gasteiger charge is 2.27. The van der Waals surface area contributed by atoms with Crippen molar-refractivity contribution >= 4 is 11.3 Å². The Kier molecular flexibility index (Phi) is 3.10. The Hall–Kier alpha value is -0.300. The quantitative estimate of drug-likeness (QED) is 0.662. The lowest BCUT2D eigenvalue weighted by Crippen LogP contribution is -2.21. The Balaban J connectivity index is 3.18. The van der Waals surface area contributed by atoms with E-state index in [1.807, 2.05) is 11.3 Å². The van der Waals surface area contributed by atoms with Gasteiger partial charge in [0.05, 0.1) is 0 Å². The molecule has 1 aromatic heterocycles. The predicted octanol–water partition coefficient (Wildman–Crippen LogP) is 4.73. The van der Waals surface area contributed by atoms with Crippen molar-refractivity contribution in [2.75, 3.05) is 0 Å². The van der Waals surface area contributed by atoms with Crippen LogP contribution in [0.15, 0.2) is 11.4 Å². The summed E-state index contributed by atoms with van der Waals surface area (Å²) >= 11 is 1.90. The first-order valence-corrected chi connectivity index (χ1v) is 6.25. The Morgan fingerprint density at radius 2 is 1.71 bits per heavy atom. The zero-order valence-electron chi connectivity index (χ0n) is 10.3. The summed E-state index contributed by atoms with van der Waals surface area (Å²) in [5.74, 6) is 0. The second kappa shape index (κ2) is 3.69. The van der Waals surface area contributed by atoms with E-state index in [4.69, 9.17) is 0 Å². The van der Waals surface area contributed by atoms with Crippen LogP contribution in [0.25, 0.3) is 0 Å². The molecular formula is C13H22S. The maximum Gasteiger partial charge on any atom is 0.0136 e. The van der Waals surface area contributed by atoms with Crippen molar-refractivity contribution in [3.63, 3.8) is 0 Å². The molecule has 0 atom stereocenters. The molecule has 0 bridgehead atoms. The molecule has 1 rings (SSSR count). The van der Waals surface area contributed by atoms with Gasteiger partial charge in [0, 0.05) is 4.88 Å². The molecule has 1 heterocycles. The molecule has 0 unspecified atom stereocenters. The van der Waals surface area contributed by atoms with Gasteiger partial charge in [-0.2, -0.15) is 0 Å². The maximum atomic E-state index is 2.34. The Morgan fingerprint density at radius 1 is 1.14 bits per heavy atom. The molecule has 0 spiro atoms. The maximum absolute atomic E-state index is 2.34. The zero-order valence-corrected chi connectivity index (χ0v) is 11.1. The molecule has 0 aliphatic carbocycles. The molecule has 1 aromatic rings. The van der Waals surface area contributed by atoms with Crippen molar-refractivity contribution in [3.05, 3.63) is 21.9 Å². The highest BCUT2D eigenvalue weighted by Crippen LogP contribution is 2.39. The van der Waals surface area contributed by atoms with E-state index in [9.17, 15) is 0 Å². The molecule has 0 saturated carbocycles. The summed E-state index contributed by atoms with van der Waals surface area (Å²) in [7, 11) is 0. The van der Waals surface area contributed by atoms with Gasteiger partial charge < -0.3 is 0 Å². The minimum atomic E-state index is 0.288. The fourth-order valence-electron chi connectivity index (χ4n) is 1.61.